The molecule has 0 N–H and O–H groups in total. The van der Waals surface area contributed by atoms with Gasteiger partial charge in [0.1, 0.15) is 13.2 Å². The first-order valence-corrected chi connectivity index (χ1v) is 28.4. The molecule has 0 aliphatic heterocycles. The highest BCUT2D eigenvalue weighted by molar-refractivity contribution is 5.71. The Labute approximate surface area is 414 Å². The van der Waals surface area contributed by atoms with E-state index in [-0.39, 0.29) is 37.5 Å². The summed E-state index contributed by atoms with van der Waals surface area (Å²) in [5, 5.41) is 0. The summed E-state index contributed by atoms with van der Waals surface area (Å²) in [4.78, 5) is 38.1. The minimum atomic E-state index is -0.804. The number of unbranched alkanes of at least 4 members (excludes halogenated alkanes) is 28. The van der Waals surface area contributed by atoms with Gasteiger partial charge in [-0.15, -0.1) is 0 Å². The van der Waals surface area contributed by atoms with E-state index in [4.69, 9.17) is 14.2 Å². The first-order chi connectivity index (χ1) is 33.0. The maximum absolute atomic E-state index is 12.8. The highest BCUT2D eigenvalue weighted by atomic mass is 16.6. The van der Waals surface area contributed by atoms with Crippen molar-refractivity contribution in [2.45, 2.75) is 284 Å². The van der Waals surface area contributed by atoms with E-state index in [1.54, 1.807) is 0 Å². The molecular formula is C61H106O6. The molecule has 0 aliphatic rings. The van der Waals surface area contributed by atoms with Crippen molar-refractivity contribution >= 4 is 17.9 Å². The zero-order valence-corrected chi connectivity index (χ0v) is 44.2. The van der Waals surface area contributed by atoms with Crippen LogP contribution in [0.4, 0.5) is 0 Å². The first kappa shape index (κ1) is 63.8. The quantitative estimate of drug-likeness (QED) is 0.0262. The summed E-state index contributed by atoms with van der Waals surface area (Å²) in [6.07, 6.45) is 70.3. The number of esters is 3. The Bertz CT molecular complexity index is 1260. The van der Waals surface area contributed by atoms with Crippen molar-refractivity contribution in [2.24, 2.45) is 0 Å². The Balaban J connectivity index is 4.44. The summed E-state index contributed by atoms with van der Waals surface area (Å²) in [7, 11) is 0. The second-order valence-corrected chi connectivity index (χ2v) is 18.8. The summed E-state index contributed by atoms with van der Waals surface area (Å²) in [5.41, 5.74) is 0. The smallest absolute Gasteiger partial charge is 0.306 e. The number of ether oxygens (including phenoxy) is 3. The zero-order valence-electron chi connectivity index (χ0n) is 44.2. The van der Waals surface area contributed by atoms with Gasteiger partial charge in [-0.2, -0.15) is 0 Å². The van der Waals surface area contributed by atoms with Crippen molar-refractivity contribution in [3.8, 4) is 0 Å². The Morgan fingerprint density at radius 2 is 0.552 bits per heavy atom. The lowest BCUT2D eigenvalue weighted by molar-refractivity contribution is -0.167. The molecule has 0 fully saturated rings. The van der Waals surface area contributed by atoms with E-state index in [1.165, 1.54) is 161 Å². The van der Waals surface area contributed by atoms with Gasteiger partial charge >= 0.3 is 17.9 Å². The molecule has 0 aliphatic carbocycles. The summed E-state index contributed by atoms with van der Waals surface area (Å²) in [5.74, 6) is -0.949. The van der Waals surface area contributed by atoms with E-state index in [1.807, 2.05) is 0 Å². The Morgan fingerprint density at radius 1 is 0.299 bits per heavy atom. The van der Waals surface area contributed by atoms with Crippen molar-refractivity contribution in [3.63, 3.8) is 0 Å². The number of hydrogen-bond acceptors (Lipinski definition) is 6. The Morgan fingerprint density at radius 3 is 0.910 bits per heavy atom. The summed E-state index contributed by atoms with van der Waals surface area (Å²) >= 11 is 0. The van der Waals surface area contributed by atoms with Crippen LogP contribution in [-0.4, -0.2) is 37.2 Å². The van der Waals surface area contributed by atoms with E-state index in [0.29, 0.717) is 19.3 Å². The molecule has 0 radical (unpaired) electrons. The molecular weight excluding hydrogens is 829 g/mol. The first-order valence-electron chi connectivity index (χ1n) is 28.4. The van der Waals surface area contributed by atoms with Crippen LogP contribution in [0, 0.1) is 0 Å². The maximum atomic E-state index is 12.8. The predicted octanol–water partition coefficient (Wildman–Crippen LogP) is 19.0. The van der Waals surface area contributed by atoms with E-state index in [9.17, 15) is 14.4 Å². The van der Waals surface area contributed by atoms with Gasteiger partial charge in [0.25, 0.3) is 0 Å². The number of carbonyl (C=O) groups excluding carboxylic acids is 3. The molecule has 1 atom stereocenters. The van der Waals surface area contributed by atoms with E-state index in [0.717, 1.165) is 70.6 Å². The summed E-state index contributed by atoms with van der Waals surface area (Å²) < 4.78 is 16.8. The molecule has 0 saturated carbocycles. The van der Waals surface area contributed by atoms with Gasteiger partial charge < -0.3 is 14.2 Å². The summed E-state index contributed by atoms with van der Waals surface area (Å²) in [6.45, 7) is 6.55. The molecule has 0 heterocycles. The average Bonchev–Trinajstić information content (AvgIpc) is 3.33. The fourth-order valence-corrected chi connectivity index (χ4v) is 7.88. The third kappa shape index (κ3) is 53.7. The number of carbonyl (C=O) groups is 3. The lowest BCUT2D eigenvalue weighted by atomic mass is 10.0. The van der Waals surface area contributed by atoms with Gasteiger partial charge in [-0.3, -0.25) is 14.4 Å². The normalized spacial score (nSPS) is 12.6. The second kappa shape index (κ2) is 55.4. The fraction of sp³-hybridized carbons (Fsp3) is 0.754. The van der Waals surface area contributed by atoms with Crippen LogP contribution in [0.1, 0.15) is 278 Å². The van der Waals surface area contributed by atoms with E-state index >= 15 is 0 Å². The maximum Gasteiger partial charge on any atom is 0.306 e. The molecule has 0 saturated heterocycles. The topological polar surface area (TPSA) is 78.9 Å². The molecule has 0 bridgehead atoms. The molecule has 0 unspecified atom stereocenters. The van der Waals surface area contributed by atoms with Gasteiger partial charge in [-0.1, -0.05) is 241 Å². The number of allylic oxidation sites excluding steroid dienone is 12. The summed E-state index contributed by atoms with van der Waals surface area (Å²) in [6, 6.07) is 0. The van der Waals surface area contributed by atoms with E-state index < -0.39 is 6.10 Å². The number of rotatable bonds is 51. The number of hydrogen-bond donors (Lipinski definition) is 0. The molecule has 0 aromatic carbocycles. The third-order valence-electron chi connectivity index (χ3n) is 12.2. The minimum absolute atomic E-state index is 0.0962. The van der Waals surface area contributed by atoms with Gasteiger partial charge in [0.15, 0.2) is 6.10 Å². The largest absolute Gasteiger partial charge is 0.462 e. The van der Waals surface area contributed by atoms with Crippen molar-refractivity contribution in [3.05, 3.63) is 72.9 Å². The molecule has 6 heteroatoms. The van der Waals surface area contributed by atoms with Gasteiger partial charge in [0.05, 0.1) is 0 Å². The molecule has 0 spiro atoms. The highest BCUT2D eigenvalue weighted by Gasteiger charge is 2.19. The molecule has 0 rings (SSSR count). The van der Waals surface area contributed by atoms with Crippen LogP contribution in [0.2, 0.25) is 0 Å². The molecule has 0 aromatic heterocycles. The standard InChI is InChI=1S/C61H106O6/c1-4-7-10-13-16-19-22-25-27-29-30-32-33-36-39-42-45-48-51-54-60(63)66-57-58(56-65-59(62)53-50-47-44-41-38-35-24-21-18-15-12-9-6-3)67-61(64)55-52-49-46-43-40-37-34-31-28-26-23-20-17-14-11-8-5-2/h16-17,19-20,25-28,34,37,43,46,58H,4-15,18,21-24,29-33,35-36,38-42,44-45,47-57H2,1-3H3/b19-16-,20-17-,27-25-,28-26-,37-34-,46-43-/t58-/m0/s1. The van der Waals surface area contributed by atoms with Crippen LogP contribution >= 0.6 is 0 Å². The van der Waals surface area contributed by atoms with Crippen LogP contribution in [0.25, 0.3) is 0 Å². The van der Waals surface area contributed by atoms with Crippen molar-refractivity contribution in [1.29, 1.82) is 0 Å². The van der Waals surface area contributed by atoms with Gasteiger partial charge in [-0.05, 0) is 89.9 Å². The monoisotopic (exact) mass is 935 g/mol. The Kier molecular flexibility index (Phi) is 52.8. The lowest BCUT2D eigenvalue weighted by Gasteiger charge is -2.18. The molecule has 0 aromatic rings. The molecule has 6 nitrogen and oxygen atoms in total. The van der Waals surface area contributed by atoms with Crippen molar-refractivity contribution in [2.75, 3.05) is 13.2 Å². The predicted molar refractivity (Wildman–Crippen MR) is 288 cm³/mol. The third-order valence-corrected chi connectivity index (χ3v) is 12.2. The lowest BCUT2D eigenvalue weighted by Crippen LogP contribution is -2.30. The minimum Gasteiger partial charge on any atom is -0.462 e. The highest BCUT2D eigenvalue weighted by Crippen LogP contribution is 2.15. The van der Waals surface area contributed by atoms with E-state index in [2.05, 4.69) is 93.7 Å². The SMILES string of the molecule is CCCCC/C=C\C/C=C\C/C=C\C/C=C\CCCC(=O)O[C@H](COC(=O)CCCCCCCCCCC/C=C\C/C=C\CCCCC)COC(=O)CCCCCCCCCCCCCCC. The molecule has 386 valence electrons. The van der Waals surface area contributed by atoms with Gasteiger partial charge in [0.2, 0.25) is 0 Å². The van der Waals surface area contributed by atoms with Crippen molar-refractivity contribution < 1.29 is 28.6 Å². The van der Waals surface area contributed by atoms with Crippen LogP contribution in [0.15, 0.2) is 72.9 Å². The Hall–Kier alpha value is -3.15. The fourth-order valence-electron chi connectivity index (χ4n) is 7.88. The van der Waals surface area contributed by atoms with Crippen molar-refractivity contribution in [1.82, 2.24) is 0 Å². The average molecular weight is 936 g/mol. The molecule has 67 heavy (non-hydrogen) atoms. The van der Waals surface area contributed by atoms with Crippen LogP contribution < -0.4 is 0 Å². The van der Waals surface area contributed by atoms with Gasteiger partial charge in [-0.25, -0.2) is 0 Å². The second-order valence-electron chi connectivity index (χ2n) is 18.8. The van der Waals surface area contributed by atoms with Crippen LogP contribution in [0.5, 0.6) is 0 Å². The van der Waals surface area contributed by atoms with Gasteiger partial charge in [0, 0.05) is 19.3 Å². The molecule has 0 amide bonds. The van der Waals surface area contributed by atoms with Crippen LogP contribution in [0.3, 0.4) is 0 Å². The van der Waals surface area contributed by atoms with Crippen LogP contribution in [-0.2, 0) is 28.6 Å². The zero-order chi connectivity index (χ0) is 48.6.